The lowest BCUT2D eigenvalue weighted by Gasteiger charge is -2.24. The molecule has 0 N–H and O–H groups in total. The van der Waals surface area contributed by atoms with Gasteiger partial charge in [0.25, 0.3) is 0 Å². The Balaban J connectivity index is 2.08. The van der Waals surface area contributed by atoms with Gasteiger partial charge in [-0.3, -0.25) is 9.69 Å². The van der Waals surface area contributed by atoms with Gasteiger partial charge in [-0.15, -0.1) is 0 Å². The highest BCUT2D eigenvalue weighted by atomic mass is 35.5. The van der Waals surface area contributed by atoms with Crippen LogP contribution in [0.4, 0.5) is 4.39 Å². The van der Waals surface area contributed by atoms with Gasteiger partial charge in [-0.25, -0.2) is 4.39 Å². The molecule has 1 aromatic carbocycles. The number of benzene rings is 1. The number of hydrogen-bond donors (Lipinski definition) is 0. The van der Waals surface area contributed by atoms with E-state index in [9.17, 15) is 9.18 Å². The van der Waals surface area contributed by atoms with E-state index in [1.54, 1.807) is 13.0 Å². The summed E-state index contributed by atoms with van der Waals surface area (Å²) in [4.78, 5) is 13.4. The minimum absolute atomic E-state index is 0.200. The smallest absolute Gasteiger partial charge is 0.142 e. The summed E-state index contributed by atoms with van der Waals surface area (Å²) in [5.74, 6) is -0.172. The molecular formula is C14H17ClFNO. The lowest BCUT2D eigenvalue weighted by Crippen LogP contribution is -2.30. The Morgan fingerprint density at radius 1 is 1.56 bits per heavy atom. The zero-order chi connectivity index (χ0) is 13.1. The number of carbonyl (C=O) groups is 1. The van der Waals surface area contributed by atoms with Crippen LogP contribution in [0.5, 0.6) is 0 Å². The van der Waals surface area contributed by atoms with Crippen molar-refractivity contribution < 1.29 is 9.18 Å². The van der Waals surface area contributed by atoms with E-state index in [2.05, 4.69) is 4.90 Å². The zero-order valence-electron chi connectivity index (χ0n) is 10.5. The molecule has 0 aromatic heterocycles. The molecule has 1 atom stereocenters. The van der Waals surface area contributed by atoms with Crippen LogP contribution in [0.15, 0.2) is 18.2 Å². The summed E-state index contributed by atoms with van der Waals surface area (Å²) in [5.41, 5.74) is 0.798. The number of carbonyl (C=O) groups excluding carboxylic acids is 1. The summed E-state index contributed by atoms with van der Waals surface area (Å²) >= 11 is 5.96. The van der Waals surface area contributed by atoms with E-state index in [4.69, 9.17) is 11.6 Å². The summed E-state index contributed by atoms with van der Waals surface area (Å²) in [5, 5.41) is 0.200. The summed E-state index contributed by atoms with van der Waals surface area (Å²) < 4.78 is 13.4. The molecule has 0 amide bonds. The fourth-order valence-electron chi connectivity index (χ4n) is 2.56. The lowest BCUT2D eigenvalue weighted by atomic mass is 10.1. The molecule has 0 aliphatic carbocycles. The second-order valence-corrected chi connectivity index (χ2v) is 5.26. The van der Waals surface area contributed by atoms with Crippen LogP contribution in [0.1, 0.15) is 31.7 Å². The molecule has 1 saturated heterocycles. The van der Waals surface area contributed by atoms with Gasteiger partial charge in [0.05, 0.1) is 5.02 Å². The number of hydrogen-bond acceptors (Lipinski definition) is 2. The zero-order valence-corrected chi connectivity index (χ0v) is 11.2. The Morgan fingerprint density at radius 3 is 3.06 bits per heavy atom. The number of nitrogens with zero attached hydrogens (tertiary/aromatic N) is 1. The predicted octanol–water partition coefficient (Wildman–Crippen LogP) is 3.42. The fraction of sp³-hybridized carbons (Fsp3) is 0.500. The molecule has 18 heavy (non-hydrogen) atoms. The van der Waals surface area contributed by atoms with Crippen LogP contribution < -0.4 is 0 Å². The van der Waals surface area contributed by atoms with Gasteiger partial charge in [0.15, 0.2) is 0 Å². The average molecular weight is 270 g/mol. The average Bonchev–Trinajstić information content (AvgIpc) is 2.72. The molecule has 4 heteroatoms. The van der Waals surface area contributed by atoms with Gasteiger partial charge < -0.3 is 0 Å². The maximum Gasteiger partial charge on any atom is 0.142 e. The largest absolute Gasteiger partial charge is 0.300 e. The summed E-state index contributed by atoms with van der Waals surface area (Å²) in [7, 11) is 0. The van der Waals surface area contributed by atoms with Gasteiger partial charge in [-0.1, -0.05) is 23.7 Å². The highest BCUT2D eigenvalue weighted by Gasteiger charge is 2.26. The number of Topliss-reactive ketones (excluding diaryl/α,β-unsaturated/α-hetero) is 1. The van der Waals surface area contributed by atoms with Crippen molar-refractivity contribution in [3.05, 3.63) is 34.6 Å². The first-order valence-electron chi connectivity index (χ1n) is 6.24. The number of halogens is 2. The van der Waals surface area contributed by atoms with Crippen molar-refractivity contribution in [3.8, 4) is 0 Å². The highest BCUT2D eigenvalue weighted by Crippen LogP contribution is 2.26. The second-order valence-electron chi connectivity index (χ2n) is 4.89. The molecule has 1 heterocycles. The molecule has 0 saturated carbocycles. The van der Waals surface area contributed by atoms with Gasteiger partial charge >= 0.3 is 0 Å². The maximum absolute atomic E-state index is 13.4. The van der Waals surface area contributed by atoms with E-state index in [1.165, 1.54) is 6.07 Å². The molecule has 1 aromatic rings. The second kappa shape index (κ2) is 5.81. The Kier molecular flexibility index (Phi) is 4.36. The van der Waals surface area contributed by atoms with E-state index < -0.39 is 0 Å². The van der Waals surface area contributed by atoms with E-state index in [0.29, 0.717) is 13.0 Å². The summed E-state index contributed by atoms with van der Waals surface area (Å²) in [6, 6.07) is 5.16. The van der Waals surface area contributed by atoms with Crippen molar-refractivity contribution in [2.45, 2.75) is 38.8 Å². The quantitative estimate of drug-likeness (QED) is 0.835. The van der Waals surface area contributed by atoms with Crippen molar-refractivity contribution in [1.29, 1.82) is 0 Å². The third-order valence-electron chi connectivity index (χ3n) is 3.43. The molecule has 0 radical (unpaired) electrons. The van der Waals surface area contributed by atoms with Gasteiger partial charge in [-0.05, 0) is 37.9 Å². The summed E-state index contributed by atoms with van der Waals surface area (Å²) in [6.07, 6.45) is 2.70. The van der Waals surface area contributed by atoms with Gasteiger partial charge in [0, 0.05) is 19.0 Å². The third kappa shape index (κ3) is 3.09. The first-order chi connectivity index (χ1) is 8.58. The van der Waals surface area contributed by atoms with E-state index in [-0.39, 0.29) is 22.7 Å². The number of likely N-dealkylation sites (tertiary alicyclic amines) is 1. The van der Waals surface area contributed by atoms with Gasteiger partial charge in [0.1, 0.15) is 11.6 Å². The highest BCUT2D eigenvalue weighted by molar-refractivity contribution is 6.31. The van der Waals surface area contributed by atoms with E-state index in [0.717, 1.165) is 24.9 Å². The van der Waals surface area contributed by atoms with Crippen LogP contribution >= 0.6 is 11.6 Å². The Morgan fingerprint density at radius 2 is 2.33 bits per heavy atom. The number of rotatable bonds is 4. The van der Waals surface area contributed by atoms with Crippen LogP contribution in [0.2, 0.25) is 5.02 Å². The minimum Gasteiger partial charge on any atom is -0.300 e. The molecule has 2 rings (SSSR count). The van der Waals surface area contributed by atoms with Gasteiger partial charge in [-0.2, -0.15) is 0 Å². The Bertz CT molecular complexity index is 449. The monoisotopic (exact) mass is 269 g/mol. The number of ketones is 1. The molecule has 2 nitrogen and oxygen atoms in total. The van der Waals surface area contributed by atoms with Crippen LogP contribution in [0, 0.1) is 5.82 Å². The third-order valence-corrected chi connectivity index (χ3v) is 3.85. The Labute approximate surface area is 112 Å². The van der Waals surface area contributed by atoms with Crippen LogP contribution in [-0.4, -0.2) is 23.3 Å². The molecule has 0 spiro atoms. The topological polar surface area (TPSA) is 20.3 Å². The van der Waals surface area contributed by atoms with Crippen molar-refractivity contribution in [1.82, 2.24) is 4.90 Å². The lowest BCUT2D eigenvalue weighted by molar-refractivity contribution is -0.118. The summed E-state index contributed by atoms with van der Waals surface area (Å²) in [6.45, 7) is 3.19. The molecule has 1 unspecified atom stereocenters. The van der Waals surface area contributed by atoms with Gasteiger partial charge in [0.2, 0.25) is 0 Å². The maximum atomic E-state index is 13.4. The molecule has 1 fully saturated rings. The van der Waals surface area contributed by atoms with Crippen molar-refractivity contribution in [2.24, 2.45) is 0 Å². The van der Waals surface area contributed by atoms with Crippen LogP contribution in [0.3, 0.4) is 0 Å². The SMILES string of the molecule is CC(=O)CC1CCCN1Cc1cccc(F)c1Cl. The fourth-order valence-corrected chi connectivity index (χ4v) is 2.74. The Hall–Kier alpha value is -0.930. The van der Waals surface area contributed by atoms with Crippen LogP contribution in [-0.2, 0) is 11.3 Å². The van der Waals surface area contributed by atoms with Crippen molar-refractivity contribution in [3.63, 3.8) is 0 Å². The minimum atomic E-state index is -0.378. The normalized spacial score (nSPS) is 20.3. The van der Waals surface area contributed by atoms with Crippen molar-refractivity contribution >= 4 is 17.4 Å². The van der Waals surface area contributed by atoms with E-state index in [1.807, 2.05) is 6.07 Å². The molecule has 1 aliphatic heterocycles. The standard InChI is InChI=1S/C14H17ClFNO/c1-10(18)8-12-5-3-7-17(12)9-11-4-2-6-13(16)14(11)15/h2,4,6,12H,3,5,7-9H2,1H3. The molecule has 0 bridgehead atoms. The van der Waals surface area contributed by atoms with Crippen LogP contribution in [0.25, 0.3) is 0 Å². The first kappa shape index (κ1) is 13.5. The van der Waals surface area contributed by atoms with E-state index >= 15 is 0 Å². The molecular weight excluding hydrogens is 253 g/mol. The first-order valence-corrected chi connectivity index (χ1v) is 6.62. The molecule has 98 valence electrons. The predicted molar refractivity (Wildman–Crippen MR) is 70.1 cm³/mol. The molecule has 1 aliphatic rings. The van der Waals surface area contributed by atoms with Crippen molar-refractivity contribution in [2.75, 3.05) is 6.54 Å².